The van der Waals surface area contributed by atoms with Crippen molar-refractivity contribution in [3.8, 4) is 0 Å². The van der Waals surface area contributed by atoms with Crippen LogP contribution in [0.3, 0.4) is 0 Å². The summed E-state index contributed by atoms with van der Waals surface area (Å²) in [5, 5.41) is 9.56. The second kappa shape index (κ2) is 5.23. The molecule has 2 atom stereocenters. The number of rotatable bonds is 4. The van der Waals surface area contributed by atoms with E-state index in [0.29, 0.717) is 16.2 Å². The zero-order valence-electron chi connectivity index (χ0n) is 12.0. The molecule has 3 rings (SSSR count). The number of esters is 1. The van der Waals surface area contributed by atoms with Gasteiger partial charge in [0.2, 0.25) is 0 Å². The Morgan fingerprint density at radius 3 is 2.74 bits per heavy atom. The van der Waals surface area contributed by atoms with Crippen LogP contribution in [0, 0.1) is 17.3 Å². The highest BCUT2D eigenvalue weighted by Crippen LogP contribution is 2.59. The van der Waals surface area contributed by atoms with Gasteiger partial charge in [-0.1, -0.05) is 25.5 Å². The number of ether oxygens (including phenoxy) is 1. The highest BCUT2D eigenvalue weighted by molar-refractivity contribution is 8.04. The first-order valence-electron chi connectivity index (χ1n) is 6.67. The highest BCUT2D eigenvalue weighted by atomic mass is 32.2. The van der Waals surface area contributed by atoms with Crippen LogP contribution in [0.25, 0.3) is 0 Å². The minimum atomic E-state index is -0.452. The van der Waals surface area contributed by atoms with Gasteiger partial charge in [-0.2, -0.15) is 0 Å². The van der Waals surface area contributed by atoms with Crippen molar-refractivity contribution in [1.82, 2.24) is 0 Å². The lowest BCUT2D eigenvalue weighted by atomic mass is 9.49. The van der Waals surface area contributed by atoms with Gasteiger partial charge in [0.25, 0.3) is 0 Å². The van der Waals surface area contributed by atoms with Crippen LogP contribution in [-0.4, -0.2) is 23.9 Å². The quantitative estimate of drug-likeness (QED) is 0.370. The summed E-state index contributed by atoms with van der Waals surface area (Å²) in [5.41, 5.74) is 1.81. The van der Waals surface area contributed by atoms with Crippen molar-refractivity contribution in [3.05, 3.63) is 22.3 Å². The van der Waals surface area contributed by atoms with Crippen molar-refractivity contribution >= 4 is 17.7 Å². The average Bonchev–Trinajstić information content (AvgIpc) is 2.38. The summed E-state index contributed by atoms with van der Waals surface area (Å²) in [5.74, 6) is 1.81. The van der Waals surface area contributed by atoms with Gasteiger partial charge < -0.3 is 9.84 Å². The number of fused-ring (bicyclic) bond motifs is 1. The smallest absolute Gasteiger partial charge is 0.347 e. The minimum Gasteiger partial charge on any atom is -0.511 e. The van der Waals surface area contributed by atoms with Gasteiger partial charge in [-0.05, 0) is 37.0 Å². The van der Waals surface area contributed by atoms with Gasteiger partial charge in [-0.25, -0.2) is 4.79 Å². The molecule has 0 aromatic carbocycles. The van der Waals surface area contributed by atoms with Crippen LogP contribution in [0.2, 0.25) is 0 Å². The second-order valence-corrected chi connectivity index (χ2v) is 7.00. The van der Waals surface area contributed by atoms with Crippen LogP contribution >= 0.6 is 11.8 Å². The molecule has 1 saturated carbocycles. The lowest BCUT2D eigenvalue weighted by molar-refractivity contribution is -0.135. The molecule has 0 heterocycles. The maximum Gasteiger partial charge on any atom is 0.347 e. The van der Waals surface area contributed by atoms with Crippen molar-refractivity contribution in [2.24, 2.45) is 17.3 Å². The zero-order chi connectivity index (χ0) is 14.2. The number of hydrogen-bond acceptors (Lipinski definition) is 4. The van der Waals surface area contributed by atoms with E-state index in [9.17, 15) is 9.90 Å². The zero-order valence-corrected chi connectivity index (χ0v) is 12.8. The molecule has 0 aromatic rings. The summed E-state index contributed by atoms with van der Waals surface area (Å²) in [6.45, 7) is 6.19. The number of allylic oxidation sites excluding steroid dienone is 2. The number of aliphatic hydroxyl groups excluding tert-OH is 1. The molecule has 106 valence electrons. The SMILES string of the molecule is COC(=O)/C(SCC1=CC[C@H]2C[C@@H]1C2(C)C)=C(\C)O. The van der Waals surface area contributed by atoms with E-state index in [1.165, 1.54) is 37.8 Å². The van der Waals surface area contributed by atoms with Gasteiger partial charge in [-0.3, -0.25) is 0 Å². The molecule has 0 saturated heterocycles. The number of methoxy groups -OCH3 is 1. The Labute approximate surface area is 119 Å². The van der Waals surface area contributed by atoms with Crippen molar-refractivity contribution in [2.45, 2.75) is 33.6 Å². The summed E-state index contributed by atoms with van der Waals surface area (Å²) < 4.78 is 4.69. The van der Waals surface area contributed by atoms with E-state index in [2.05, 4.69) is 19.9 Å². The third kappa shape index (κ3) is 2.55. The van der Waals surface area contributed by atoms with E-state index in [1.54, 1.807) is 0 Å². The van der Waals surface area contributed by atoms with Gasteiger partial charge >= 0.3 is 5.97 Å². The van der Waals surface area contributed by atoms with Gasteiger partial charge in [-0.15, -0.1) is 11.8 Å². The summed E-state index contributed by atoms with van der Waals surface area (Å²) >= 11 is 1.38. The third-order valence-corrected chi connectivity index (χ3v) is 5.89. The fourth-order valence-corrected chi connectivity index (χ4v) is 4.24. The van der Waals surface area contributed by atoms with E-state index in [4.69, 9.17) is 4.74 Å². The molecule has 19 heavy (non-hydrogen) atoms. The van der Waals surface area contributed by atoms with Gasteiger partial charge in [0, 0.05) is 5.75 Å². The van der Waals surface area contributed by atoms with Gasteiger partial charge in [0.1, 0.15) is 10.7 Å². The first kappa shape index (κ1) is 14.5. The van der Waals surface area contributed by atoms with E-state index < -0.39 is 5.97 Å². The number of thioether (sulfide) groups is 1. The Kier molecular flexibility index (Phi) is 4.00. The summed E-state index contributed by atoms with van der Waals surface area (Å²) in [6.07, 6.45) is 4.74. The topological polar surface area (TPSA) is 46.5 Å². The highest BCUT2D eigenvalue weighted by Gasteiger charge is 2.50. The summed E-state index contributed by atoms with van der Waals surface area (Å²) in [4.78, 5) is 11.9. The van der Waals surface area contributed by atoms with Crippen LogP contribution < -0.4 is 0 Å². The molecule has 0 aromatic heterocycles. The molecule has 4 heteroatoms. The van der Waals surface area contributed by atoms with Crippen LogP contribution in [0.15, 0.2) is 22.3 Å². The molecule has 0 spiro atoms. The number of hydrogen-bond donors (Lipinski definition) is 1. The predicted octanol–water partition coefficient (Wildman–Crippen LogP) is 3.67. The fraction of sp³-hybridized carbons (Fsp3) is 0.667. The maximum atomic E-state index is 11.6. The average molecular weight is 282 g/mol. The first-order chi connectivity index (χ1) is 8.87. The number of carbonyl (C=O) groups is 1. The largest absolute Gasteiger partial charge is 0.511 e. The molecule has 3 aliphatic carbocycles. The Morgan fingerprint density at radius 2 is 2.26 bits per heavy atom. The maximum absolute atomic E-state index is 11.6. The second-order valence-electron chi connectivity index (χ2n) is 6.02. The lowest BCUT2D eigenvalue weighted by Crippen LogP contribution is -2.48. The van der Waals surface area contributed by atoms with Crippen LogP contribution in [0.4, 0.5) is 0 Å². The summed E-state index contributed by atoms with van der Waals surface area (Å²) in [6, 6.07) is 0. The molecule has 1 N–H and O–H groups in total. The van der Waals surface area contributed by atoms with E-state index in [-0.39, 0.29) is 5.76 Å². The van der Waals surface area contributed by atoms with Crippen molar-refractivity contribution < 1.29 is 14.6 Å². The fourth-order valence-electron chi connectivity index (χ4n) is 3.20. The van der Waals surface area contributed by atoms with Crippen molar-refractivity contribution in [3.63, 3.8) is 0 Å². The Morgan fingerprint density at radius 1 is 1.58 bits per heavy atom. The molecule has 2 bridgehead atoms. The Hall–Kier alpha value is -0.900. The Balaban J connectivity index is 2.02. The van der Waals surface area contributed by atoms with E-state index in [1.807, 2.05) is 0 Å². The molecule has 3 nitrogen and oxygen atoms in total. The lowest BCUT2D eigenvalue weighted by Gasteiger charge is -2.56. The number of carbonyl (C=O) groups excluding carboxylic acids is 1. The number of aliphatic hydroxyl groups is 1. The van der Waals surface area contributed by atoms with Gasteiger partial charge in [0.05, 0.1) is 7.11 Å². The van der Waals surface area contributed by atoms with Gasteiger partial charge in [0.15, 0.2) is 0 Å². The molecule has 1 fully saturated rings. The standard InChI is InChI=1S/C15H22O3S/c1-9(16)13(14(17)18-4)19-8-10-5-6-11-7-12(10)15(11,2)3/h5,11-12,16H,6-8H2,1-4H3/b13-9-/t11-,12-/m0/s1. The van der Waals surface area contributed by atoms with E-state index in [0.717, 1.165) is 18.1 Å². The summed E-state index contributed by atoms with van der Waals surface area (Å²) in [7, 11) is 1.34. The Bertz CT molecular complexity index is 444. The first-order valence-corrected chi connectivity index (χ1v) is 7.66. The molecule has 0 radical (unpaired) electrons. The molecule has 3 aliphatic rings. The monoisotopic (exact) mass is 282 g/mol. The van der Waals surface area contributed by atoms with Crippen LogP contribution in [-0.2, 0) is 9.53 Å². The normalized spacial score (nSPS) is 28.9. The van der Waals surface area contributed by atoms with Crippen molar-refractivity contribution in [1.29, 1.82) is 0 Å². The van der Waals surface area contributed by atoms with Crippen molar-refractivity contribution in [2.75, 3.05) is 12.9 Å². The molecule has 0 unspecified atom stereocenters. The van der Waals surface area contributed by atoms with Crippen LogP contribution in [0.5, 0.6) is 0 Å². The molecule has 0 amide bonds. The molecular weight excluding hydrogens is 260 g/mol. The minimum absolute atomic E-state index is 0.0407. The molecular formula is C15H22O3S. The van der Waals surface area contributed by atoms with E-state index >= 15 is 0 Å². The predicted molar refractivity (Wildman–Crippen MR) is 77.9 cm³/mol. The third-order valence-electron chi connectivity index (χ3n) is 4.67. The van der Waals surface area contributed by atoms with Crippen LogP contribution in [0.1, 0.15) is 33.6 Å². The molecule has 0 aliphatic heterocycles.